The fraction of sp³-hybridized carbons (Fsp3) is 0.125. The molecule has 20 heavy (non-hydrogen) atoms. The second kappa shape index (κ2) is 6.69. The number of aryl methyl sites for hydroxylation is 1. The molecule has 0 aliphatic heterocycles. The van der Waals surface area contributed by atoms with Crippen molar-refractivity contribution in [3.05, 3.63) is 63.6 Å². The van der Waals surface area contributed by atoms with Crippen LogP contribution in [0.4, 0.5) is 5.69 Å². The molecule has 2 aromatic rings. The summed E-state index contributed by atoms with van der Waals surface area (Å²) in [6.45, 7) is 1.95. The SMILES string of the molecule is Cc1ccc(Cl)cc1N=CCC(=O)c1ccc(Cl)cc1. The topological polar surface area (TPSA) is 29.4 Å². The summed E-state index contributed by atoms with van der Waals surface area (Å²) in [4.78, 5) is 16.2. The molecule has 0 radical (unpaired) electrons. The van der Waals surface area contributed by atoms with E-state index < -0.39 is 0 Å². The van der Waals surface area contributed by atoms with Gasteiger partial charge in [-0.15, -0.1) is 0 Å². The van der Waals surface area contributed by atoms with E-state index in [0.29, 0.717) is 15.6 Å². The van der Waals surface area contributed by atoms with Crippen LogP contribution < -0.4 is 0 Å². The van der Waals surface area contributed by atoms with Crippen molar-refractivity contribution in [2.45, 2.75) is 13.3 Å². The van der Waals surface area contributed by atoms with Gasteiger partial charge in [-0.25, -0.2) is 0 Å². The molecule has 0 amide bonds. The van der Waals surface area contributed by atoms with Gasteiger partial charge in [0.15, 0.2) is 5.78 Å². The van der Waals surface area contributed by atoms with Crippen molar-refractivity contribution in [2.24, 2.45) is 4.99 Å². The quantitative estimate of drug-likeness (QED) is 0.558. The molecule has 0 heterocycles. The summed E-state index contributed by atoms with van der Waals surface area (Å²) in [5.74, 6) is 0.00472. The number of carbonyl (C=O) groups is 1. The lowest BCUT2D eigenvalue weighted by Gasteiger charge is -2.00. The van der Waals surface area contributed by atoms with E-state index in [1.54, 1.807) is 36.5 Å². The Bertz CT molecular complexity index is 648. The Kier molecular flexibility index (Phi) is 4.94. The van der Waals surface area contributed by atoms with Crippen molar-refractivity contribution in [2.75, 3.05) is 0 Å². The van der Waals surface area contributed by atoms with Gasteiger partial charge in [0.2, 0.25) is 0 Å². The average molecular weight is 306 g/mol. The Morgan fingerprint density at radius 2 is 1.75 bits per heavy atom. The molecule has 0 saturated heterocycles. The summed E-state index contributed by atoms with van der Waals surface area (Å²) in [7, 11) is 0. The zero-order valence-corrected chi connectivity index (χ0v) is 12.4. The van der Waals surface area contributed by atoms with Crippen LogP contribution in [-0.4, -0.2) is 12.0 Å². The summed E-state index contributed by atoms with van der Waals surface area (Å²) >= 11 is 11.7. The number of hydrogen-bond acceptors (Lipinski definition) is 2. The summed E-state index contributed by atoms with van der Waals surface area (Å²) in [5.41, 5.74) is 2.43. The maximum atomic E-state index is 11.9. The van der Waals surface area contributed by atoms with Gasteiger partial charge in [0.05, 0.1) is 5.69 Å². The molecule has 0 saturated carbocycles. The first-order valence-electron chi connectivity index (χ1n) is 6.14. The van der Waals surface area contributed by atoms with Gasteiger partial charge in [0, 0.05) is 28.2 Å². The van der Waals surface area contributed by atoms with Gasteiger partial charge >= 0.3 is 0 Å². The largest absolute Gasteiger partial charge is 0.294 e. The summed E-state index contributed by atoms with van der Waals surface area (Å²) in [6, 6.07) is 12.3. The maximum Gasteiger partial charge on any atom is 0.168 e. The predicted molar refractivity (Wildman–Crippen MR) is 84.7 cm³/mol. The second-order valence-corrected chi connectivity index (χ2v) is 5.25. The van der Waals surface area contributed by atoms with E-state index in [2.05, 4.69) is 4.99 Å². The molecule has 0 aromatic heterocycles. The molecule has 102 valence electrons. The highest BCUT2D eigenvalue weighted by Crippen LogP contribution is 2.22. The number of aliphatic imine (C=N–C) groups is 1. The molecule has 0 N–H and O–H groups in total. The molecule has 0 bridgehead atoms. The van der Waals surface area contributed by atoms with E-state index in [-0.39, 0.29) is 12.2 Å². The Morgan fingerprint density at radius 1 is 1.10 bits per heavy atom. The van der Waals surface area contributed by atoms with Gasteiger partial charge in [0.25, 0.3) is 0 Å². The lowest BCUT2D eigenvalue weighted by atomic mass is 10.1. The minimum atomic E-state index is 0.00472. The number of carbonyl (C=O) groups excluding carboxylic acids is 1. The summed E-state index contributed by atoms with van der Waals surface area (Å²) in [6.07, 6.45) is 1.85. The lowest BCUT2D eigenvalue weighted by molar-refractivity contribution is 0.100. The fourth-order valence-electron chi connectivity index (χ4n) is 1.70. The van der Waals surface area contributed by atoms with E-state index >= 15 is 0 Å². The third-order valence-corrected chi connectivity index (χ3v) is 3.33. The first-order chi connectivity index (χ1) is 9.56. The van der Waals surface area contributed by atoms with Gasteiger partial charge in [-0.1, -0.05) is 29.3 Å². The third-order valence-electron chi connectivity index (χ3n) is 2.84. The minimum absolute atomic E-state index is 0.00472. The molecule has 0 fully saturated rings. The Morgan fingerprint density at radius 3 is 2.45 bits per heavy atom. The molecule has 0 aliphatic rings. The van der Waals surface area contributed by atoms with Crippen LogP contribution in [0.25, 0.3) is 0 Å². The van der Waals surface area contributed by atoms with Crippen LogP contribution in [0, 0.1) is 6.92 Å². The van der Waals surface area contributed by atoms with Crippen LogP contribution in [-0.2, 0) is 0 Å². The normalized spacial score (nSPS) is 10.9. The molecule has 0 aliphatic carbocycles. The molecule has 0 unspecified atom stereocenters. The van der Waals surface area contributed by atoms with Crippen LogP contribution in [0.5, 0.6) is 0 Å². The van der Waals surface area contributed by atoms with Crippen LogP contribution in [0.1, 0.15) is 22.3 Å². The average Bonchev–Trinajstić information content (AvgIpc) is 2.43. The Balaban J connectivity index is 2.04. The summed E-state index contributed by atoms with van der Waals surface area (Å²) < 4.78 is 0. The smallest absolute Gasteiger partial charge is 0.168 e. The number of halogens is 2. The summed E-state index contributed by atoms with van der Waals surface area (Å²) in [5, 5.41) is 1.25. The van der Waals surface area contributed by atoms with Crippen molar-refractivity contribution in [1.82, 2.24) is 0 Å². The van der Waals surface area contributed by atoms with Crippen molar-refractivity contribution in [1.29, 1.82) is 0 Å². The number of rotatable bonds is 4. The fourth-order valence-corrected chi connectivity index (χ4v) is 1.99. The Labute approximate surface area is 128 Å². The zero-order valence-electron chi connectivity index (χ0n) is 10.9. The number of ketones is 1. The van der Waals surface area contributed by atoms with Gasteiger partial charge in [0.1, 0.15) is 0 Å². The molecular formula is C16H13Cl2NO. The van der Waals surface area contributed by atoms with Crippen LogP contribution >= 0.6 is 23.2 Å². The third kappa shape index (κ3) is 3.92. The number of benzene rings is 2. The van der Waals surface area contributed by atoms with Gasteiger partial charge in [-0.3, -0.25) is 9.79 Å². The minimum Gasteiger partial charge on any atom is -0.294 e. The maximum absolute atomic E-state index is 11.9. The highest BCUT2D eigenvalue weighted by atomic mass is 35.5. The van der Waals surface area contributed by atoms with Crippen molar-refractivity contribution in [3.8, 4) is 0 Å². The molecule has 4 heteroatoms. The van der Waals surface area contributed by atoms with Gasteiger partial charge < -0.3 is 0 Å². The highest BCUT2D eigenvalue weighted by molar-refractivity contribution is 6.31. The van der Waals surface area contributed by atoms with E-state index in [1.807, 2.05) is 19.1 Å². The molecule has 2 nitrogen and oxygen atoms in total. The molecular weight excluding hydrogens is 293 g/mol. The van der Waals surface area contributed by atoms with Gasteiger partial charge in [-0.05, 0) is 48.9 Å². The van der Waals surface area contributed by atoms with E-state index in [0.717, 1.165) is 11.3 Å². The molecule has 2 rings (SSSR count). The second-order valence-electron chi connectivity index (χ2n) is 4.38. The standard InChI is InChI=1S/C16H13Cl2NO/c1-11-2-5-14(18)10-15(11)19-9-8-16(20)12-3-6-13(17)7-4-12/h2-7,9-10H,8H2,1H3. The van der Waals surface area contributed by atoms with Crippen LogP contribution in [0.2, 0.25) is 10.0 Å². The molecule has 0 spiro atoms. The van der Waals surface area contributed by atoms with E-state index in [1.165, 1.54) is 0 Å². The van der Waals surface area contributed by atoms with E-state index in [4.69, 9.17) is 23.2 Å². The predicted octanol–water partition coefficient (Wildman–Crippen LogP) is 5.28. The first kappa shape index (κ1) is 14.8. The Hall–Kier alpha value is -1.64. The van der Waals surface area contributed by atoms with Crippen LogP contribution in [0.15, 0.2) is 47.5 Å². The highest BCUT2D eigenvalue weighted by Gasteiger charge is 2.04. The number of hydrogen-bond donors (Lipinski definition) is 0. The lowest BCUT2D eigenvalue weighted by Crippen LogP contribution is -1.98. The van der Waals surface area contributed by atoms with Crippen molar-refractivity contribution >= 4 is 40.9 Å². The van der Waals surface area contributed by atoms with Crippen molar-refractivity contribution in [3.63, 3.8) is 0 Å². The number of Topliss-reactive ketones (excluding diaryl/α,β-unsaturated/α-hetero) is 1. The molecule has 0 atom stereocenters. The number of nitrogens with zero attached hydrogens (tertiary/aromatic N) is 1. The van der Waals surface area contributed by atoms with Gasteiger partial charge in [-0.2, -0.15) is 0 Å². The zero-order chi connectivity index (χ0) is 14.5. The monoisotopic (exact) mass is 305 g/mol. The van der Waals surface area contributed by atoms with E-state index in [9.17, 15) is 4.79 Å². The first-order valence-corrected chi connectivity index (χ1v) is 6.89. The molecule has 2 aromatic carbocycles. The van der Waals surface area contributed by atoms with Crippen LogP contribution in [0.3, 0.4) is 0 Å². The van der Waals surface area contributed by atoms with Crippen molar-refractivity contribution < 1.29 is 4.79 Å².